The van der Waals surface area contributed by atoms with Gasteiger partial charge in [-0.3, -0.25) is 0 Å². The number of nitrogens with zero attached hydrogens (tertiary/aromatic N) is 1. The van der Waals surface area contributed by atoms with Crippen LogP contribution in [-0.2, 0) is 0 Å². The lowest BCUT2D eigenvalue weighted by Crippen LogP contribution is -2.48. The van der Waals surface area contributed by atoms with E-state index in [1.165, 1.54) is 38.8 Å². The molecule has 0 radical (unpaired) electrons. The molecule has 0 saturated carbocycles. The van der Waals surface area contributed by atoms with Crippen LogP contribution < -0.4 is 0 Å². The number of piperidine rings is 3. The quantitative estimate of drug-likeness (QED) is 0.536. The van der Waals surface area contributed by atoms with Crippen molar-refractivity contribution in [3.63, 3.8) is 0 Å². The molecule has 0 N–H and O–H groups in total. The Hall–Kier alpha value is -0.0400. The van der Waals surface area contributed by atoms with Crippen molar-refractivity contribution in [2.45, 2.75) is 38.6 Å². The lowest BCUT2D eigenvalue weighted by Gasteiger charge is -2.45. The second-order valence-corrected chi connectivity index (χ2v) is 3.78. The highest BCUT2D eigenvalue weighted by molar-refractivity contribution is 4.86. The third-order valence-electron chi connectivity index (χ3n) is 3.24. The summed E-state index contributed by atoms with van der Waals surface area (Å²) in [5.41, 5.74) is 0. The van der Waals surface area contributed by atoms with Gasteiger partial charge < -0.3 is 4.90 Å². The second kappa shape index (κ2) is 2.54. The van der Waals surface area contributed by atoms with Crippen molar-refractivity contribution in [2.75, 3.05) is 13.1 Å². The fourth-order valence-corrected chi connectivity index (χ4v) is 2.51. The maximum atomic E-state index is 2.68. The van der Waals surface area contributed by atoms with Crippen LogP contribution in [0.2, 0.25) is 0 Å². The largest absolute Gasteiger partial charge is 0.300 e. The minimum absolute atomic E-state index is 0.951. The average Bonchev–Trinajstić information content (AvgIpc) is 2.06. The van der Waals surface area contributed by atoms with Crippen molar-refractivity contribution < 1.29 is 0 Å². The summed E-state index contributed by atoms with van der Waals surface area (Å²) in [4.78, 5) is 2.68. The molecular formula is C9H17N. The first kappa shape index (κ1) is 6.66. The number of fused-ring (bicyclic) bond motifs is 3. The number of hydrogen-bond acceptors (Lipinski definition) is 1. The summed E-state index contributed by atoms with van der Waals surface area (Å²) in [6, 6.07) is 0.951. The predicted octanol–water partition coefficient (Wildman–Crippen LogP) is 1.88. The highest BCUT2D eigenvalue weighted by Gasteiger charge is 2.31. The van der Waals surface area contributed by atoms with Crippen molar-refractivity contribution in [1.29, 1.82) is 0 Å². The molecule has 0 spiro atoms. The van der Waals surface area contributed by atoms with Crippen LogP contribution in [0.5, 0.6) is 0 Å². The van der Waals surface area contributed by atoms with Gasteiger partial charge in [0.15, 0.2) is 0 Å². The van der Waals surface area contributed by atoms with Crippen LogP contribution in [0.4, 0.5) is 0 Å². The van der Waals surface area contributed by atoms with E-state index in [1.807, 2.05) is 0 Å². The highest BCUT2D eigenvalue weighted by atomic mass is 15.2. The number of rotatable bonds is 1. The maximum Gasteiger partial charge on any atom is 0.00952 e. The first-order valence-electron chi connectivity index (χ1n) is 4.64. The first-order chi connectivity index (χ1) is 4.90. The molecule has 1 heteroatoms. The lowest BCUT2D eigenvalue weighted by atomic mass is 9.82. The fraction of sp³-hybridized carbons (Fsp3) is 1.00. The minimum atomic E-state index is 0.951. The summed E-state index contributed by atoms with van der Waals surface area (Å²) in [7, 11) is 0. The molecule has 1 nitrogen and oxygen atoms in total. The Morgan fingerprint density at radius 1 is 1.30 bits per heavy atom. The van der Waals surface area contributed by atoms with E-state index in [0.29, 0.717) is 0 Å². The zero-order valence-electron chi connectivity index (χ0n) is 6.84. The molecule has 1 unspecified atom stereocenters. The molecule has 1 atom stereocenters. The summed E-state index contributed by atoms with van der Waals surface area (Å²) in [5.74, 6) is 1.09. The van der Waals surface area contributed by atoms with E-state index in [4.69, 9.17) is 0 Å². The highest BCUT2D eigenvalue weighted by Crippen LogP contribution is 2.32. The lowest BCUT2D eigenvalue weighted by molar-refractivity contribution is 0.0477. The maximum absolute atomic E-state index is 2.68. The van der Waals surface area contributed by atoms with Crippen LogP contribution in [0.3, 0.4) is 0 Å². The van der Waals surface area contributed by atoms with Crippen LogP contribution in [0.1, 0.15) is 32.6 Å². The van der Waals surface area contributed by atoms with Gasteiger partial charge in [-0.2, -0.15) is 0 Å². The molecule has 3 aliphatic rings. The van der Waals surface area contributed by atoms with Gasteiger partial charge in [-0.25, -0.2) is 0 Å². The summed E-state index contributed by atoms with van der Waals surface area (Å²) in [5, 5.41) is 0. The van der Waals surface area contributed by atoms with Gasteiger partial charge in [0.05, 0.1) is 0 Å². The SMILES string of the molecule is CCC1CC2CCN1CC2. The molecule has 0 amide bonds. The van der Waals surface area contributed by atoms with Gasteiger partial charge in [0, 0.05) is 6.04 Å². The van der Waals surface area contributed by atoms with Crippen molar-refractivity contribution in [1.82, 2.24) is 4.90 Å². The molecule has 3 saturated heterocycles. The molecular weight excluding hydrogens is 122 g/mol. The monoisotopic (exact) mass is 139 g/mol. The molecule has 0 aromatic carbocycles. The molecule has 2 bridgehead atoms. The van der Waals surface area contributed by atoms with Crippen LogP contribution in [-0.4, -0.2) is 24.0 Å². The van der Waals surface area contributed by atoms with E-state index in [-0.39, 0.29) is 0 Å². The Morgan fingerprint density at radius 3 is 2.30 bits per heavy atom. The van der Waals surface area contributed by atoms with Crippen molar-refractivity contribution in [2.24, 2.45) is 5.92 Å². The second-order valence-electron chi connectivity index (χ2n) is 3.78. The Morgan fingerprint density at radius 2 is 2.00 bits per heavy atom. The standard InChI is InChI=1S/C9H17N/c1-2-9-7-8-3-5-10(9)6-4-8/h8-9H,2-7H2,1H3. The Kier molecular flexibility index (Phi) is 1.69. The molecule has 10 heavy (non-hydrogen) atoms. The predicted molar refractivity (Wildman–Crippen MR) is 43.0 cm³/mol. The van der Waals surface area contributed by atoms with E-state index in [9.17, 15) is 0 Å². The molecule has 3 aliphatic heterocycles. The minimum Gasteiger partial charge on any atom is -0.300 e. The summed E-state index contributed by atoms with van der Waals surface area (Å²) < 4.78 is 0. The normalized spacial score (nSPS) is 45.9. The molecule has 3 heterocycles. The van der Waals surface area contributed by atoms with Gasteiger partial charge in [0.2, 0.25) is 0 Å². The molecule has 0 aliphatic carbocycles. The van der Waals surface area contributed by atoms with E-state index in [1.54, 1.807) is 0 Å². The van der Waals surface area contributed by atoms with Gasteiger partial charge in [0.1, 0.15) is 0 Å². The van der Waals surface area contributed by atoms with Crippen molar-refractivity contribution >= 4 is 0 Å². The van der Waals surface area contributed by atoms with Crippen molar-refractivity contribution in [3.8, 4) is 0 Å². The number of hydrogen-bond donors (Lipinski definition) is 0. The fourth-order valence-electron chi connectivity index (χ4n) is 2.51. The third kappa shape index (κ3) is 0.968. The van der Waals surface area contributed by atoms with E-state index in [2.05, 4.69) is 11.8 Å². The van der Waals surface area contributed by atoms with Crippen LogP contribution in [0.15, 0.2) is 0 Å². The first-order valence-corrected chi connectivity index (χ1v) is 4.64. The summed E-state index contributed by atoms with van der Waals surface area (Å²) in [6.07, 6.45) is 5.83. The van der Waals surface area contributed by atoms with E-state index < -0.39 is 0 Å². The Labute approximate surface area is 63.4 Å². The Bertz CT molecular complexity index is 114. The summed E-state index contributed by atoms with van der Waals surface area (Å²) >= 11 is 0. The van der Waals surface area contributed by atoms with E-state index >= 15 is 0 Å². The molecule has 0 aromatic rings. The molecule has 3 fully saturated rings. The van der Waals surface area contributed by atoms with Crippen LogP contribution >= 0.6 is 0 Å². The third-order valence-corrected chi connectivity index (χ3v) is 3.24. The van der Waals surface area contributed by atoms with Crippen LogP contribution in [0.25, 0.3) is 0 Å². The Balaban J connectivity index is 2.01. The summed E-state index contributed by atoms with van der Waals surface area (Å²) in [6.45, 7) is 5.11. The van der Waals surface area contributed by atoms with Gasteiger partial charge in [-0.1, -0.05) is 6.92 Å². The topological polar surface area (TPSA) is 3.24 Å². The average molecular weight is 139 g/mol. The van der Waals surface area contributed by atoms with Crippen LogP contribution in [0, 0.1) is 5.92 Å². The van der Waals surface area contributed by atoms with Crippen molar-refractivity contribution in [3.05, 3.63) is 0 Å². The molecule has 58 valence electrons. The zero-order chi connectivity index (χ0) is 6.97. The van der Waals surface area contributed by atoms with E-state index in [0.717, 1.165) is 12.0 Å². The van der Waals surface area contributed by atoms with Gasteiger partial charge >= 0.3 is 0 Å². The molecule has 0 aromatic heterocycles. The van der Waals surface area contributed by atoms with Gasteiger partial charge in [0.25, 0.3) is 0 Å². The van der Waals surface area contributed by atoms with Gasteiger partial charge in [-0.15, -0.1) is 0 Å². The molecule has 3 rings (SSSR count). The zero-order valence-corrected chi connectivity index (χ0v) is 6.84. The smallest absolute Gasteiger partial charge is 0.00952 e. The van der Waals surface area contributed by atoms with Gasteiger partial charge in [-0.05, 0) is 44.7 Å².